The maximum atomic E-state index is 10.4. The number of likely N-dealkylation sites (tertiary alicyclic amines) is 1. The quantitative estimate of drug-likeness (QED) is 0.467. The second-order valence-corrected chi connectivity index (χ2v) is 9.02. The molecule has 0 aliphatic carbocycles. The molecule has 2 aliphatic rings. The third kappa shape index (κ3) is 10.3. The first kappa shape index (κ1) is 24.5. The summed E-state index contributed by atoms with van der Waals surface area (Å²) in [5.41, 5.74) is 1.23. The van der Waals surface area contributed by atoms with Gasteiger partial charge in [-0.25, -0.2) is 0 Å². The van der Waals surface area contributed by atoms with Gasteiger partial charge in [-0.15, -0.1) is 0 Å². The van der Waals surface area contributed by atoms with Gasteiger partial charge in [-0.1, -0.05) is 31.4 Å². The Hall–Kier alpha value is -1.18. The van der Waals surface area contributed by atoms with Crippen LogP contribution in [-0.4, -0.2) is 86.6 Å². The van der Waals surface area contributed by atoms with E-state index in [2.05, 4.69) is 27.2 Å². The maximum Gasteiger partial charge on any atom is 0.119 e. The third-order valence-electron chi connectivity index (χ3n) is 6.27. The van der Waals surface area contributed by atoms with E-state index < -0.39 is 6.10 Å². The van der Waals surface area contributed by atoms with Crippen LogP contribution >= 0.6 is 0 Å². The van der Waals surface area contributed by atoms with Crippen molar-refractivity contribution < 1.29 is 14.6 Å². The molecular formula is C25H43N3O3. The number of hydrogen-bond donors (Lipinski definition) is 2. The summed E-state index contributed by atoms with van der Waals surface area (Å²) >= 11 is 0. The van der Waals surface area contributed by atoms with Gasteiger partial charge in [0, 0.05) is 26.2 Å². The van der Waals surface area contributed by atoms with Crippen molar-refractivity contribution in [3.63, 3.8) is 0 Å². The number of unbranched alkanes of at least 4 members (excludes halogenated alkanes) is 2. The molecule has 1 atom stereocenters. The van der Waals surface area contributed by atoms with E-state index in [1.807, 2.05) is 12.1 Å². The lowest BCUT2D eigenvalue weighted by Crippen LogP contribution is -2.36. The Bertz CT molecular complexity index is 587. The molecule has 0 aromatic heterocycles. The van der Waals surface area contributed by atoms with Gasteiger partial charge in [0.05, 0.1) is 13.2 Å². The summed E-state index contributed by atoms with van der Waals surface area (Å²) in [6.07, 6.45) is 8.44. The van der Waals surface area contributed by atoms with Crippen LogP contribution < -0.4 is 10.1 Å². The number of morpholine rings is 1. The van der Waals surface area contributed by atoms with Crippen LogP contribution in [0, 0.1) is 0 Å². The molecule has 0 spiro atoms. The fourth-order valence-corrected chi connectivity index (χ4v) is 4.43. The Balaban J connectivity index is 1.24. The van der Waals surface area contributed by atoms with E-state index in [1.165, 1.54) is 57.1 Å². The van der Waals surface area contributed by atoms with Crippen LogP contribution in [0.1, 0.15) is 50.5 Å². The minimum Gasteiger partial charge on any atom is -0.491 e. The molecular weight excluding hydrogens is 390 g/mol. The van der Waals surface area contributed by atoms with Gasteiger partial charge in [-0.3, -0.25) is 4.90 Å². The number of β-amino-alcohol motifs (C(OH)–C–C–N with tert-alkyl or cyclic N) is 1. The average molecular weight is 434 g/mol. The molecule has 0 amide bonds. The molecule has 2 aliphatic heterocycles. The number of nitrogens with zero attached hydrogens (tertiary/aromatic N) is 2. The Labute approximate surface area is 188 Å². The van der Waals surface area contributed by atoms with Gasteiger partial charge in [-0.05, 0) is 69.6 Å². The molecule has 176 valence electrons. The molecule has 6 heteroatoms. The van der Waals surface area contributed by atoms with Crippen LogP contribution in [0.5, 0.6) is 5.75 Å². The van der Waals surface area contributed by atoms with Crippen molar-refractivity contribution in [2.75, 3.05) is 65.6 Å². The molecule has 0 unspecified atom stereocenters. The van der Waals surface area contributed by atoms with Crippen molar-refractivity contribution >= 4 is 0 Å². The summed E-state index contributed by atoms with van der Waals surface area (Å²) in [5, 5.41) is 13.9. The first-order valence-electron chi connectivity index (χ1n) is 12.4. The van der Waals surface area contributed by atoms with Gasteiger partial charge < -0.3 is 24.8 Å². The molecule has 0 radical (unpaired) electrons. The summed E-state index contributed by atoms with van der Waals surface area (Å²) < 4.78 is 11.3. The molecule has 6 nitrogen and oxygen atoms in total. The standard InChI is InChI=1S/C25H43N3O3/c29-24(21-28-13-5-1-2-6-14-28)22-31-25-10-8-9-23(19-25)20-26-11-4-3-7-12-27-15-17-30-18-16-27/h8-10,19,24,26,29H,1-7,11-18,20-22H2/t24-/m0/s1. The molecule has 2 fully saturated rings. The Morgan fingerprint density at radius 3 is 2.58 bits per heavy atom. The van der Waals surface area contributed by atoms with Gasteiger partial charge >= 0.3 is 0 Å². The van der Waals surface area contributed by atoms with Crippen LogP contribution in [-0.2, 0) is 11.3 Å². The van der Waals surface area contributed by atoms with Gasteiger partial charge in [-0.2, -0.15) is 0 Å². The minimum absolute atomic E-state index is 0.358. The molecule has 2 N–H and O–H groups in total. The second-order valence-electron chi connectivity index (χ2n) is 9.02. The monoisotopic (exact) mass is 433 g/mol. The predicted molar refractivity (Wildman–Crippen MR) is 126 cm³/mol. The number of ether oxygens (including phenoxy) is 2. The summed E-state index contributed by atoms with van der Waals surface area (Å²) in [4.78, 5) is 4.88. The molecule has 3 rings (SSSR count). The SMILES string of the molecule is O[C@H](COc1cccc(CNCCCCCN2CCOCC2)c1)CN1CCCCCC1. The van der Waals surface area contributed by atoms with Crippen LogP contribution in [0.2, 0.25) is 0 Å². The number of nitrogens with one attached hydrogen (secondary N) is 1. The lowest BCUT2D eigenvalue weighted by atomic mass is 10.2. The topological polar surface area (TPSA) is 57.2 Å². The molecule has 1 aromatic carbocycles. The highest BCUT2D eigenvalue weighted by Gasteiger charge is 2.14. The zero-order valence-corrected chi connectivity index (χ0v) is 19.3. The molecule has 31 heavy (non-hydrogen) atoms. The normalized spacial score (nSPS) is 19.8. The van der Waals surface area contributed by atoms with Gasteiger partial charge in [0.1, 0.15) is 18.5 Å². The van der Waals surface area contributed by atoms with E-state index in [0.29, 0.717) is 13.2 Å². The highest BCUT2D eigenvalue weighted by molar-refractivity contribution is 5.28. The lowest BCUT2D eigenvalue weighted by Gasteiger charge is -2.26. The number of benzene rings is 1. The summed E-state index contributed by atoms with van der Waals surface area (Å²) in [7, 11) is 0. The number of rotatable bonds is 13. The van der Waals surface area contributed by atoms with Crippen molar-refractivity contribution in [1.29, 1.82) is 0 Å². The van der Waals surface area contributed by atoms with E-state index in [0.717, 1.165) is 58.2 Å². The van der Waals surface area contributed by atoms with Crippen molar-refractivity contribution in [2.45, 2.75) is 57.6 Å². The van der Waals surface area contributed by atoms with E-state index in [4.69, 9.17) is 9.47 Å². The maximum absolute atomic E-state index is 10.4. The molecule has 0 saturated carbocycles. The highest BCUT2D eigenvalue weighted by Crippen LogP contribution is 2.15. The average Bonchev–Trinajstić information content (AvgIpc) is 3.07. The van der Waals surface area contributed by atoms with Crippen molar-refractivity contribution in [3.8, 4) is 5.75 Å². The molecule has 2 heterocycles. The van der Waals surface area contributed by atoms with Crippen LogP contribution in [0.15, 0.2) is 24.3 Å². The van der Waals surface area contributed by atoms with Crippen molar-refractivity contribution in [3.05, 3.63) is 29.8 Å². The number of aliphatic hydroxyl groups excluding tert-OH is 1. The fourth-order valence-electron chi connectivity index (χ4n) is 4.43. The predicted octanol–water partition coefficient (Wildman–Crippen LogP) is 2.89. The first-order chi connectivity index (χ1) is 15.3. The van der Waals surface area contributed by atoms with Gasteiger partial charge in [0.2, 0.25) is 0 Å². The van der Waals surface area contributed by atoms with E-state index in [-0.39, 0.29) is 0 Å². The van der Waals surface area contributed by atoms with E-state index >= 15 is 0 Å². The van der Waals surface area contributed by atoms with Crippen LogP contribution in [0.4, 0.5) is 0 Å². The smallest absolute Gasteiger partial charge is 0.119 e. The molecule has 0 bridgehead atoms. The summed E-state index contributed by atoms with van der Waals surface area (Å²) in [6, 6.07) is 8.24. The summed E-state index contributed by atoms with van der Waals surface area (Å²) in [6.45, 7) is 10.3. The largest absolute Gasteiger partial charge is 0.491 e. The molecule has 2 saturated heterocycles. The Kier molecular flexibility index (Phi) is 11.7. The zero-order chi connectivity index (χ0) is 21.6. The third-order valence-corrected chi connectivity index (χ3v) is 6.27. The zero-order valence-electron chi connectivity index (χ0n) is 19.3. The Morgan fingerprint density at radius 1 is 0.968 bits per heavy atom. The Morgan fingerprint density at radius 2 is 1.77 bits per heavy atom. The van der Waals surface area contributed by atoms with E-state index in [1.54, 1.807) is 0 Å². The van der Waals surface area contributed by atoms with Crippen molar-refractivity contribution in [2.24, 2.45) is 0 Å². The highest BCUT2D eigenvalue weighted by atomic mass is 16.5. The lowest BCUT2D eigenvalue weighted by molar-refractivity contribution is 0.0371. The van der Waals surface area contributed by atoms with Crippen LogP contribution in [0.25, 0.3) is 0 Å². The van der Waals surface area contributed by atoms with Crippen LogP contribution in [0.3, 0.4) is 0 Å². The van der Waals surface area contributed by atoms with Gasteiger partial charge in [0.25, 0.3) is 0 Å². The van der Waals surface area contributed by atoms with E-state index in [9.17, 15) is 5.11 Å². The van der Waals surface area contributed by atoms with Gasteiger partial charge in [0.15, 0.2) is 0 Å². The molecule has 1 aromatic rings. The van der Waals surface area contributed by atoms with Crippen molar-refractivity contribution in [1.82, 2.24) is 15.1 Å². The fraction of sp³-hybridized carbons (Fsp3) is 0.760. The minimum atomic E-state index is -0.433. The number of hydrogen-bond acceptors (Lipinski definition) is 6. The first-order valence-corrected chi connectivity index (χ1v) is 12.4. The number of aliphatic hydroxyl groups is 1. The second kappa shape index (κ2) is 14.8. The summed E-state index contributed by atoms with van der Waals surface area (Å²) in [5.74, 6) is 0.847.